The fraction of sp³-hybridized carbons (Fsp3) is 0.231. The standard InChI is InChI=1S/C13H13N5O3/c19-11(7-18-12(20)6-15-13(18)21)14-5-10-16-8-3-1-2-4-9(8)17-10/h1-4H,5-7H2,(H,14,19)(H,15,21)(H,16,17). The van der Waals surface area contributed by atoms with Crippen LogP contribution < -0.4 is 10.6 Å². The summed E-state index contributed by atoms with van der Waals surface area (Å²) in [5, 5.41) is 4.98. The predicted molar refractivity (Wildman–Crippen MR) is 73.1 cm³/mol. The molecule has 0 aliphatic carbocycles. The third-order valence-corrected chi connectivity index (χ3v) is 3.13. The van der Waals surface area contributed by atoms with Gasteiger partial charge in [-0.05, 0) is 12.1 Å². The monoisotopic (exact) mass is 287 g/mol. The molecule has 1 fully saturated rings. The molecule has 0 bridgehead atoms. The van der Waals surface area contributed by atoms with Gasteiger partial charge >= 0.3 is 6.03 Å². The number of hydrogen-bond donors (Lipinski definition) is 3. The van der Waals surface area contributed by atoms with Crippen LogP contribution in [0.2, 0.25) is 0 Å². The van der Waals surface area contributed by atoms with Crippen molar-refractivity contribution in [2.45, 2.75) is 6.54 Å². The molecule has 108 valence electrons. The van der Waals surface area contributed by atoms with Crippen LogP contribution in [-0.4, -0.2) is 45.8 Å². The second-order valence-electron chi connectivity index (χ2n) is 4.62. The normalized spacial score (nSPS) is 14.6. The Morgan fingerprint density at radius 2 is 2.14 bits per heavy atom. The number of aromatic nitrogens is 2. The van der Waals surface area contributed by atoms with Crippen LogP contribution >= 0.6 is 0 Å². The van der Waals surface area contributed by atoms with Crippen LogP contribution in [0.25, 0.3) is 11.0 Å². The summed E-state index contributed by atoms with van der Waals surface area (Å²) in [4.78, 5) is 42.7. The molecule has 21 heavy (non-hydrogen) atoms. The number of imidazole rings is 1. The third kappa shape index (κ3) is 2.69. The van der Waals surface area contributed by atoms with Gasteiger partial charge in [-0.25, -0.2) is 9.78 Å². The Kier molecular flexibility index (Phi) is 3.27. The fourth-order valence-corrected chi connectivity index (χ4v) is 2.09. The molecule has 1 aromatic carbocycles. The van der Waals surface area contributed by atoms with Gasteiger partial charge in [-0.3, -0.25) is 14.5 Å². The summed E-state index contributed by atoms with van der Waals surface area (Å²) < 4.78 is 0. The van der Waals surface area contributed by atoms with E-state index in [0.717, 1.165) is 15.9 Å². The first-order chi connectivity index (χ1) is 10.1. The molecular weight excluding hydrogens is 274 g/mol. The zero-order valence-electron chi connectivity index (χ0n) is 11.0. The number of urea groups is 1. The number of para-hydroxylation sites is 2. The number of nitrogens with one attached hydrogen (secondary N) is 3. The zero-order valence-corrected chi connectivity index (χ0v) is 11.0. The fourth-order valence-electron chi connectivity index (χ4n) is 2.09. The van der Waals surface area contributed by atoms with Gasteiger partial charge in [0.15, 0.2) is 0 Å². The van der Waals surface area contributed by atoms with E-state index in [1.54, 1.807) is 0 Å². The number of hydrogen-bond acceptors (Lipinski definition) is 4. The maximum Gasteiger partial charge on any atom is 0.325 e. The maximum absolute atomic E-state index is 11.8. The largest absolute Gasteiger partial charge is 0.347 e. The molecule has 0 unspecified atom stereocenters. The van der Waals surface area contributed by atoms with Gasteiger partial charge in [0.1, 0.15) is 12.4 Å². The van der Waals surface area contributed by atoms with Crippen LogP contribution in [-0.2, 0) is 16.1 Å². The summed E-state index contributed by atoms with van der Waals surface area (Å²) in [6.07, 6.45) is 0. The van der Waals surface area contributed by atoms with E-state index >= 15 is 0 Å². The van der Waals surface area contributed by atoms with Crippen molar-refractivity contribution >= 4 is 28.9 Å². The lowest BCUT2D eigenvalue weighted by atomic mass is 10.3. The second-order valence-corrected chi connectivity index (χ2v) is 4.62. The Balaban J connectivity index is 1.58. The number of rotatable bonds is 4. The smallest absolute Gasteiger partial charge is 0.325 e. The Morgan fingerprint density at radius 1 is 1.33 bits per heavy atom. The molecule has 1 aromatic heterocycles. The Bertz CT molecular complexity index is 674. The van der Waals surface area contributed by atoms with E-state index in [1.807, 2.05) is 24.3 Å². The molecule has 2 aromatic rings. The summed E-state index contributed by atoms with van der Waals surface area (Å²) in [7, 11) is 0. The van der Waals surface area contributed by atoms with Gasteiger partial charge in [-0.15, -0.1) is 0 Å². The summed E-state index contributed by atoms with van der Waals surface area (Å²) in [5.41, 5.74) is 1.70. The molecule has 0 spiro atoms. The number of benzene rings is 1. The Hall–Kier alpha value is -2.90. The molecule has 3 N–H and O–H groups in total. The molecule has 0 radical (unpaired) electrons. The maximum atomic E-state index is 11.8. The van der Waals surface area contributed by atoms with Crippen molar-refractivity contribution < 1.29 is 14.4 Å². The molecule has 1 aliphatic heterocycles. The Morgan fingerprint density at radius 3 is 2.86 bits per heavy atom. The summed E-state index contributed by atoms with van der Waals surface area (Å²) >= 11 is 0. The highest BCUT2D eigenvalue weighted by atomic mass is 16.2. The highest BCUT2D eigenvalue weighted by Crippen LogP contribution is 2.09. The van der Waals surface area contributed by atoms with Gasteiger partial charge in [0, 0.05) is 0 Å². The lowest BCUT2D eigenvalue weighted by Crippen LogP contribution is -2.40. The highest BCUT2D eigenvalue weighted by Gasteiger charge is 2.29. The van der Waals surface area contributed by atoms with E-state index in [-0.39, 0.29) is 19.6 Å². The van der Waals surface area contributed by atoms with Crippen LogP contribution in [0, 0.1) is 0 Å². The molecule has 1 saturated heterocycles. The van der Waals surface area contributed by atoms with E-state index in [1.165, 1.54) is 0 Å². The average molecular weight is 287 g/mol. The van der Waals surface area contributed by atoms with Crippen LogP contribution in [0.3, 0.4) is 0 Å². The Labute approximate surface area is 119 Å². The van der Waals surface area contributed by atoms with Gasteiger partial charge in [-0.1, -0.05) is 12.1 Å². The third-order valence-electron chi connectivity index (χ3n) is 3.13. The van der Waals surface area contributed by atoms with Gasteiger partial charge in [0.25, 0.3) is 5.91 Å². The number of nitrogens with zero attached hydrogens (tertiary/aromatic N) is 2. The van der Waals surface area contributed by atoms with Crippen molar-refractivity contribution in [2.75, 3.05) is 13.1 Å². The van der Waals surface area contributed by atoms with Gasteiger partial charge in [0.2, 0.25) is 5.91 Å². The average Bonchev–Trinajstić information content (AvgIpc) is 3.03. The number of fused-ring (bicyclic) bond motifs is 1. The van der Waals surface area contributed by atoms with Crippen molar-refractivity contribution in [3.8, 4) is 0 Å². The van der Waals surface area contributed by atoms with Crippen molar-refractivity contribution in [2.24, 2.45) is 0 Å². The van der Waals surface area contributed by atoms with Gasteiger partial charge < -0.3 is 15.6 Å². The van der Waals surface area contributed by atoms with Crippen LogP contribution in [0.15, 0.2) is 24.3 Å². The second kappa shape index (κ2) is 5.23. The van der Waals surface area contributed by atoms with Crippen molar-refractivity contribution in [1.82, 2.24) is 25.5 Å². The number of aromatic amines is 1. The first-order valence-electron chi connectivity index (χ1n) is 6.42. The molecule has 0 saturated carbocycles. The molecule has 1 aliphatic rings. The molecular formula is C13H13N5O3. The molecule has 4 amide bonds. The minimum atomic E-state index is -0.543. The first kappa shape index (κ1) is 13.1. The van der Waals surface area contributed by atoms with Gasteiger partial charge in [-0.2, -0.15) is 0 Å². The predicted octanol–water partition coefficient (Wildman–Crippen LogP) is -0.269. The molecule has 2 heterocycles. The van der Waals surface area contributed by atoms with E-state index in [0.29, 0.717) is 5.82 Å². The zero-order chi connectivity index (χ0) is 14.8. The summed E-state index contributed by atoms with van der Waals surface area (Å²) in [6.45, 7) is -0.141. The first-order valence-corrected chi connectivity index (χ1v) is 6.42. The molecule has 0 atom stereocenters. The van der Waals surface area contributed by atoms with Gasteiger partial charge in [0.05, 0.1) is 24.1 Å². The van der Waals surface area contributed by atoms with Crippen LogP contribution in [0.4, 0.5) is 4.79 Å². The van der Waals surface area contributed by atoms with E-state index < -0.39 is 17.8 Å². The minimum absolute atomic E-state index is 0.0598. The SMILES string of the molecule is O=C(CN1C(=O)CNC1=O)NCc1nc2ccccc2[nH]1. The lowest BCUT2D eigenvalue weighted by molar-refractivity contribution is -0.130. The molecule has 3 rings (SSSR count). The minimum Gasteiger partial charge on any atom is -0.347 e. The van der Waals surface area contributed by atoms with Crippen LogP contribution in [0.5, 0.6) is 0 Å². The molecule has 8 heteroatoms. The van der Waals surface area contributed by atoms with Crippen molar-refractivity contribution in [1.29, 1.82) is 0 Å². The van der Waals surface area contributed by atoms with Crippen molar-refractivity contribution in [3.63, 3.8) is 0 Å². The lowest BCUT2D eigenvalue weighted by Gasteiger charge is -2.11. The summed E-state index contributed by atoms with van der Waals surface area (Å²) in [5.74, 6) is -0.207. The van der Waals surface area contributed by atoms with E-state index in [2.05, 4.69) is 20.6 Å². The molecule has 8 nitrogen and oxygen atoms in total. The number of amides is 4. The quantitative estimate of drug-likeness (QED) is 0.673. The highest BCUT2D eigenvalue weighted by molar-refractivity contribution is 6.04. The number of carbonyl (C=O) groups is 3. The van der Waals surface area contributed by atoms with Crippen molar-refractivity contribution in [3.05, 3.63) is 30.1 Å². The number of carbonyl (C=O) groups excluding carboxylic acids is 3. The number of H-pyrrole nitrogens is 1. The topological polar surface area (TPSA) is 107 Å². The summed E-state index contributed by atoms with van der Waals surface area (Å²) in [6, 6.07) is 6.98. The van der Waals surface area contributed by atoms with E-state index in [4.69, 9.17) is 0 Å². The number of imide groups is 1. The van der Waals surface area contributed by atoms with Crippen LogP contribution in [0.1, 0.15) is 5.82 Å². The van der Waals surface area contributed by atoms with E-state index in [9.17, 15) is 14.4 Å².